The molecule has 0 spiro atoms. The highest BCUT2D eigenvalue weighted by atomic mass is 16.5. The van der Waals surface area contributed by atoms with Gasteiger partial charge in [0.2, 0.25) is 0 Å². The van der Waals surface area contributed by atoms with Crippen LogP contribution in [-0.4, -0.2) is 29.4 Å². The van der Waals surface area contributed by atoms with Crippen molar-refractivity contribution >= 4 is 7.12 Å². The maximum Gasteiger partial charge on any atom is 0.457 e. The maximum absolute atomic E-state index is 8.82. The molecule has 3 atom stereocenters. The van der Waals surface area contributed by atoms with Gasteiger partial charge in [-0.15, -0.1) is 0 Å². The fraction of sp³-hybridized carbons (Fsp3) is 1.00. The van der Waals surface area contributed by atoms with Gasteiger partial charge in [-0.05, 0) is 20.3 Å². The summed E-state index contributed by atoms with van der Waals surface area (Å²) in [5.41, 5.74) is 0. The summed E-state index contributed by atoms with van der Waals surface area (Å²) in [7, 11) is -1.22. The van der Waals surface area contributed by atoms with Crippen molar-refractivity contribution in [2.45, 2.75) is 38.3 Å². The van der Waals surface area contributed by atoms with E-state index in [0.717, 1.165) is 6.42 Å². The van der Waals surface area contributed by atoms with Crippen molar-refractivity contribution in [3.8, 4) is 0 Å². The lowest BCUT2D eigenvalue weighted by atomic mass is 9.69. The minimum atomic E-state index is -1.22. The summed E-state index contributed by atoms with van der Waals surface area (Å²) in [5, 5.41) is 17.6. The Kier molecular flexibility index (Phi) is 2.34. The molecule has 0 bridgehead atoms. The van der Waals surface area contributed by atoms with Gasteiger partial charge in [0.15, 0.2) is 0 Å². The van der Waals surface area contributed by atoms with Gasteiger partial charge >= 0.3 is 7.12 Å². The van der Waals surface area contributed by atoms with Gasteiger partial charge in [-0.25, -0.2) is 0 Å². The summed E-state index contributed by atoms with van der Waals surface area (Å²) in [6.07, 6.45) is 0.899. The Bertz CT molecular complexity index is 118. The first-order valence-corrected chi connectivity index (χ1v) is 3.63. The van der Waals surface area contributed by atoms with Gasteiger partial charge in [0, 0.05) is 5.82 Å². The molecule has 58 valence electrons. The van der Waals surface area contributed by atoms with Crippen molar-refractivity contribution in [3.63, 3.8) is 0 Å². The predicted molar refractivity (Wildman–Crippen MR) is 38.6 cm³/mol. The topological polar surface area (TPSA) is 49.7 Å². The van der Waals surface area contributed by atoms with Gasteiger partial charge in [0.05, 0.1) is 12.2 Å². The van der Waals surface area contributed by atoms with Crippen LogP contribution in [0.5, 0.6) is 0 Å². The molecule has 2 N–H and O–H groups in total. The van der Waals surface area contributed by atoms with E-state index in [1.54, 1.807) is 0 Å². The summed E-state index contributed by atoms with van der Waals surface area (Å²) in [4.78, 5) is 0. The lowest BCUT2D eigenvalue weighted by molar-refractivity contribution is 0.0653. The van der Waals surface area contributed by atoms with E-state index in [2.05, 4.69) is 0 Å². The zero-order chi connectivity index (χ0) is 7.72. The molecule has 0 aromatic rings. The molecule has 0 unspecified atom stereocenters. The highest BCUT2D eigenvalue weighted by Gasteiger charge is 2.37. The third kappa shape index (κ3) is 1.51. The maximum atomic E-state index is 8.82. The molecule has 3 nitrogen and oxygen atoms in total. The molecule has 1 heterocycles. The first kappa shape index (κ1) is 8.05. The Hall–Kier alpha value is -0.0551. The van der Waals surface area contributed by atoms with Crippen LogP contribution in [0.1, 0.15) is 20.3 Å². The Morgan fingerprint density at radius 2 is 2.00 bits per heavy atom. The van der Waals surface area contributed by atoms with Crippen LogP contribution in [0, 0.1) is 0 Å². The van der Waals surface area contributed by atoms with E-state index in [0.29, 0.717) is 0 Å². The molecular weight excluding hydrogens is 131 g/mol. The van der Waals surface area contributed by atoms with E-state index in [1.807, 2.05) is 13.8 Å². The summed E-state index contributed by atoms with van der Waals surface area (Å²) in [6, 6.07) is 0. The zero-order valence-corrected chi connectivity index (χ0v) is 6.32. The largest absolute Gasteiger partial charge is 0.457 e. The number of rotatable bonds is 1. The SMILES string of the molecule is C[C@H]1C[C@@H](B(O)O)[C@@H](C)O1. The molecule has 1 saturated heterocycles. The Morgan fingerprint density at radius 3 is 2.20 bits per heavy atom. The van der Waals surface area contributed by atoms with E-state index < -0.39 is 7.12 Å². The normalized spacial score (nSPS) is 40.2. The average molecular weight is 144 g/mol. The highest BCUT2D eigenvalue weighted by Crippen LogP contribution is 2.31. The summed E-state index contributed by atoms with van der Waals surface area (Å²) in [5.74, 6) is -0.102. The summed E-state index contributed by atoms with van der Waals surface area (Å²) in [6.45, 7) is 3.81. The molecule has 1 aliphatic rings. The van der Waals surface area contributed by atoms with Crippen molar-refractivity contribution in [2.24, 2.45) is 0 Å². The van der Waals surface area contributed by atoms with Crippen molar-refractivity contribution < 1.29 is 14.8 Å². The fourth-order valence-corrected chi connectivity index (χ4v) is 1.46. The second kappa shape index (κ2) is 2.90. The molecular formula is C6H13BO3. The quantitative estimate of drug-likeness (QED) is 0.510. The van der Waals surface area contributed by atoms with Gasteiger partial charge in [-0.3, -0.25) is 0 Å². The number of hydrogen-bond acceptors (Lipinski definition) is 3. The standard InChI is InChI=1S/C6H13BO3/c1-4-3-6(7(8)9)5(2)10-4/h4-6,8-9H,3H2,1-2H3/t4-,5+,6+/m0/s1. The smallest absolute Gasteiger partial charge is 0.427 e. The first-order valence-electron chi connectivity index (χ1n) is 3.63. The van der Waals surface area contributed by atoms with Gasteiger partial charge in [-0.1, -0.05) is 0 Å². The molecule has 0 radical (unpaired) electrons. The Balaban J connectivity index is 2.46. The van der Waals surface area contributed by atoms with Crippen LogP contribution in [0.4, 0.5) is 0 Å². The van der Waals surface area contributed by atoms with E-state index in [9.17, 15) is 0 Å². The molecule has 0 aromatic heterocycles. The van der Waals surface area contributed by atoms with Crippen LogP contribution in [-0.2, 0) is 4.74 Å². The van der Waals surface area contributed by atoms with Crippen LogP contribution in [0.3, 0.4) is 0 Å². The van der Waals surface area contributed by atoms with Gasteiger partial charge in [0.25, 0.3) is 0 Å². The van der Waals surface area contributed by atoms with Crippen LogP contribution in [0.25, 0.3) is 0 Å². The van der Waals surface area contributed by atoms with Gasteiger partial charge in [0.1, 0.15) is 0 Å². The Labute approximate surface area is 61.2 Å². The molecule has 1 fully saturated rings. The Morgan fingerprint density at radius 1 is 1.40 bits per heavy atom. The molecule has 0 saturated carbocycles. The zero-order valence-electron chi connectivity index (χ0n) is 6.32. The van der Waals surface area contributed by atoms with Crippen molar-refractivity contribution in [2.75, 3.05) is 0 Å². The van der Waals surface area contributed by atoms with Crippen LogP contribution in [0.2, 0.25) is 5.82 Å². The molecule has 0 amide bonds. The molecule has 0 aromatic carbocycles. The predicted octanol–water partition coefficient (Wildman–Crippen LogP) is 0.0267. The van der Waals surface area contributed by atoms with Crippen molar-refractivity contribution in [1.82, 2.24) is 0 Å². The van der Waals surface area contributed by atoms with Crippen LogP contribution < -0.4 is 0 Å². The van der Waals surface area contributed by atoms with Crippen molar-refractivity contribution in [3.05, 3.63) is 0 Å². The van der Waals surface area contributed by atoms with Gasteiger partial charge in [-0.2, -0.15) is 0 Å². The number of hydrogen-bond donors (Lipinski definition) is 2. The fourth-order valence-electron chi connectivity index (χ4n) is 1.46. The van der Waals surface area contributed by atoms with E-state index in [1.165, 1.54) is 0 Å². The second-order valence-corrected chi connectivity index (χ2v) is 2.96. The molecule has 4 heteroatoms. The van der Waals surface area contributed by atoms with Gasteiger partial charge < -0.3 is 14.8 Å². The molecule has 1 rings (SSSR count). The highest BCUT2D eigenvalue weighted by molar-refractivity contribution is 6.43. The van der Waals surface area contributed by atoms with Crippen molar-refractivity contribution in [1.29, 1.82) is 0 Å². The summed E-state index contributed by atoms with van der Waals surface area (Å²) >= 11 is 0. The minimum Gasteiger partial charge on any atom is -0.427 e. The summed E-state index contributed by atoms with van der Waals surface area (Å²) < 4.78 is 5.32. The molecule has 0 aliphatic carbocycles. The number of ether oxygens (including phenoxy) is 1. The molecule has 10 heavy (non-hydrogen) atoms. The van der Waals surface area contributed by atoms with Crippen LogP contribution in [0.15, 0.2) is 0 Å². The third-order valence-electron chi connectivity index (χ3n) is 2.04. The van der Waals surface area contributed by atoms with E-state index >= 15 is 0 Å². The average Bonchev–Trinajstić information content (AvgIpc) is 2.10. The third-order valence-corrected chi connectivity index (χ3v) is 2.04. The van der Waals surface area contributed by atoms with E-state index in [4.69, 9.17) is 14.8 Å². The monoisotopic (exact) mass is 144 g/mol. The lowest BCUT2D eigenvalue weighted by Crippen LogP contribution is -2.25. The van der Waals surface area contributed by atoms with E-state index in [-0.39, 0.29) is 18.0 Å². The first-order chi connectivity index (χ1) is 4.61. The molecule has 1 aliphatic heterocycles. The van der Waals surface area contributed by atoms with Crippen LogP contribution >= 0.6 is 0 Å². The second-order valence-electron chi connectivity index (χ2n) is 2.96. The minimum absolute atomic E-state index is 0.0185. The lowest BCUT2D eigenvalue weighted by Gasteiger charge is -2.10.